The summed E-state index contributed by atoms with van der Waals surface area (Å²) in [5.74, 6) is -0.606. The molecule has 3 fully saturated rings. The van der Waals surface area contributed by atoms with Crippen LogP contribution in [0.25, 0.3) is 0 Å². The van der Waals surface area contributed by atoms with Crippen LogP contribution in [0.5, 0.6) is 0 Å². The number of nitrogens with zero attached hydrogens (tertiary/aromatic N) is 2. The van der Waals surface area contributed by atoms with E-state index in [0.29, 0.717) is 12.6 Å². The van der Waals surface area contributed by atoms with Crippen LogP contribution in [0, 0.1) is 18.8 Å². The van der Waals surface area contributed by atoms with E-state index in [4.69, 9.17) is 0 Å². The fraction of sp³-hybridized carbons (Fsp3) is 0.462. The van der Waals surface area contributed by atoms with Gasteiger partial charge >= 0.3 is 0 Å². The SMILES string of the molecule is Cc1cccc2c1CC(N1CCC3(CC1)C1C(=O)NC(=O)C1CN3c1ccccc1)C2. The van der Waals surface area contributed by atoms with E-state index in [9.17, 15) is 9.59 Å². The molecule has 2 aromatic rings. The van der Waals surface area contributed by atoms with Gasteiger partial charge in [0, 0.05) is 31.4 Å². The van der Waals surface area contributed by atoms with Crippen molar-refractivity contribution in [2.75, 3.05) is 24.5 Å². The molecule has 0 saturated carbocycles. The standard InChI is InChI=1S/C26H29N3O2/c1-17-6-5-7-18-14-20(15-21(17)18)28-12-10-26(11-13-28)23-22(24(30)27-25(23)31)16-29(26)19-8-3-2-4-9-19/h2-9,20,22-23H,10-16H2,1H3,(H,27,30,31). The van der Waals surface area contributed by atoms with Gasteiger partial charge < -0.3 is 4.90 Å². The third-order valence-corrected chi connectivity index (χ3v) is 8.41. The third kappa shape index (κ3) is 2.79. The van der Waals surface area contributed by atoms with E-state index >= 15 is 0 Å². The first-order chi connectivity index (χ1) is 15.1. The number of benzene rings is 2. The molecule has 6 rings (SSSR count). The fourth-order valence-electron chi connectivity index (χ4n) is 6.87. The molecule has 1 N–H and O–H groups in total. The lowest BCUT2D eigenvalue weighted by atomic mass is 9.74. The van der Waals surface area contributed by atoms with Crippen LogP contribution in [-0.4, -0.2) is 47.9 Å². The molecular formula is C26H29N3O2. The number of hydrogen-bond donors (Lipinski definition) is 1. The van der Waals surface area contributed by atoms with E-state index in [0.717, 1.165) is 44.5 Å². The van der Waals surface area contributed by atoms with Gasteiger partial charge in [0.05, 0.1) is 17.4 Å². The average Bonchev–Trinajstić information content (AvgIpc) is 3.44. The molecule has 2 amide bonds. The zero-order valence-corrected chi connectivity index (χ0v) is 18.0. The number of piperidine rings is 1. The third-order valence-electron chi connectivity index (χ3n) is 8.41. The molecular weight excluding hydrogens is 386 g/mol. The molecule has 1 aliphatic carbocycles. The van der Waals surface area contributed by atoms with E-state index in [1.54, 1.807) is 0 Å². The van der Waals surface area contributed by atoms with Gasteiger partial charge in [-0.2, -0.15) is 0 Å². The molecule has 3 unspecified atom stereocenters. The van der Waals surface area contributed by atoms with Crippen LogP contribution in [0.4, 0.5) is 5.69 Å². The second-order valence-electron chi connectivity index (χ2n) is 9.80. The summed E-state index contributed by atoms with van der Waals surface area (Å²) in [5.41, 5.74) is 5.30. The Labute approximate surface area is 183 Å². The highest BCUT2D eigenvalue weighted by Crippen LogP contribution is 2.50. The lowest BCUT2D eigenvalue weighted by Crippen LogP contribution is -2.59. The molecule has 31 heavy (non-hydrogen) atoms. The Hall–Kier alpha value is -2.66. The van der Waals surface area contributed by atoms with Crippen LogP contribution in [-0.2, 0) is 22.4 Å². The molecule has 1 spiro atoms. The second-order valence-corrected chi connectivity index (χ2v) is 9.80. The number of likely N-dealkylation sites (tertiary alicyclic amines) is 1. The Kier molecular flexibility index (Phi) is 4.26. The number of amides is 2. The molecule has 3 aliphatic heterocycles. The van der Waals surface area contributed by atoms with E-state index in [1.807, 2.05) is 18.2 Å². The summed E-state index contributed by atoms with van der Waals surface area (Å²) in [6, 6.07) is 17.6. The van der Waals surface area contributed by atoms with Gasteiger partial charge in [-0.15, -0.1) is 0 Å². The molecule has 3 saturated heterocycles. The number of anilines is 1. The second kappa shape index (κ2) is 6.92. The van der Waals surface area contributed by atoms with Gasteiger partial charge in [-0.25, -0.2) is 0 Å². The first-order valence-corrected chi connectivity index (χ1v) is 11.6. The Bertz CT molecular complexity index is 1040. The lowest BCUT2D eigenvalue weighted by Gasteiger charge is -2.49. The Morgan fingerprint density at radius 2 is 1.71 bits per heavy atom. The number of aryl methyl sites for hydroxylation is 1. The van der Waals surface area contributed by atoms with Gasteiger partial charge in [0.2, 0.25) is 11.8 Å². The molecule has 0 aromatic heterocycles. The average molecular weight is 416 g/mol. The fourth-order valence-corrected chi connectivity index (χ4v) is 6.87. The predicted molar refractivity (Wildman–Crippen MR) is 120 cm³/mol. The van der Waals surface area contributed by atoms with Crippen molar-refractivity contribution in [1.82, 2.24) is 10.2 Å². The monoisotopic (exact) mass is 415 g/mol. The van der Waals surface area contributed by atoms with Crippen molar-refractivity contribution < 1.29 is 9.59 Å². The van der Waals surface area contributed by atoms with Crippen molar-refractivity contribution in [3.8, 4) is 0 Å². The topological polar surface area (TPSA) is 52.7 Å². The summed E-state index contributed by atoms with van der Waals surface area (Å²) < 4.78 is 0. The normalized spacial score (nSPS) is 29.3. The summed E-state index contributed by atoms with van der Waals surface area (Å²) >= 11 is 0. The Morgan fingerprint density at radius 1 is 0.935 bits per heavy atom. The maximum absolute atomic E-state index is 12.9. The largest absolute Gasteiger partial charge is 0.364 e. The molecule has 2 aromatic carbocycles. The van der Waals surface area contributed by atoms with E-state index in [-0.39, 0.29) is 29.2 Å². The molecule has 160 valence electrons. The van der Waals surface area contributed by atoms with Crippen LogP contribution in [0.15, 0.2) is 48.5 Å². The van der Waals surface area contributed by atoms with Crippen LogP contribution in [0.1, 0.15) is 29.5 Å². The quantitative estimate of drug-likeness (QED) is 0.767. The Morgan fingerprint density at radius 3 is 2.45 bits per heavy atom. The van der Waals surface area contributed by atoms with E-state index in [1.165, 1.54) is 16.7 Å². The van der Waals surface area contributed by atoms with Gasteiger partial charge in [0.15, 0.2) is 0 Å². The molecule has 4 aliphatic rings. The number of hydrogen-bond acceptors (Lipinski definition) is 4. The number of nitrogens with one attached hydrogen (secondary N) is 1. The van der Waals surface area contributed by atoms with Crippen molar-refractivity contribution in [3.63, 3.8) is 0 Å². The van der Waals surface area contributed by atoms with Crippen molar-refractivity contribution in [3.05, 3.63) is 65.2 Å². The molecule has 0 bridgehead atoms. The minimum atomic E-state index is -0.264. The summed E-state index contributed by atoms with van der Waals surface area (Å²) in [4.78, 5) is 30.4. The first-order valence-electron chi connectivity index (χ1n) is 11.6. The van der Waals surface area contributed by atoms with Crippen molar-refractivity contribution in [2.45, 2.75) is 44.2 Å². The molecule has 3 atom stereocenters. The van der Waals surface area contributed by atoms with E-state index in [2.05, 4.69) is 52.4 Å². The zero-order valence-electron chi connectivity index (χ0n) is 18.0. The van der Waals surface area contributed by atoms with Gasteiger partial charge in [-0.3, -0.25) is 19.8 Å². The molecule has 5 heteroatoms. The maximum Gasteiger partial charge on any atom is 0.232 e. The van der Waals surface area contributed by atoms with Crippen molar-refractivity contribution in [1.29, 1.82) is 0 Å². The van der Waals surface area contributed by atoms with Crippen molar-refractivity contribution >= 4 is 17.5 Å². The van der Waals surface area contributed by atoms with Crippen LogP contribution in [0.2, 0.25) is 0 Å². The highest BCUT2D eigenvalue weighted by Gasteiger charge is 2.62. The van der Waals surface area contributed by atoms with Crippen LogP contribution in [0.3, 0.4) is 0 Å². The number of fused-ring (bicyclic) bond motifs is 3. The highest BCUT2D eigenvalue weighted by atomic mass is 16.2. The van der Waals surface area contributed by atoms with Gasteiger partial charge in [-0.05, 0) is 61.4 Å². The molecule has 5 nitrogen and oxygen atoms in total. The predicted octanol–water partition coefficient (Wildman–Crippen LogP) is 2.71. The van der Waals surface area contributed by atoms with Gasteiger partial charge in [-0.1, -0.05) is 36.4 Å². The summed E-state index contributed by atoms with van der Waals surface area (Å²) in [7, 11) is 0. The number of imide groups is 1. The van der Waals surface area contributed by atoms with Gasteiger partial charge in [0.25, 0.3) is 0 Å². The Balaban J connectivity index is 1.27. The minimum absolute atomic E-state index is 0.0641. The van der Waals surface area contributed by atoms with E-state index < -0.39 is 0 Å². The number of carbonyl (C=O) groups is 2. The zero-order chi connectivity index (χ0) is 21.2. The van der Waals surface area contributed by atoms with Crippen LogP contribution >= 0.6 is 0 Å². The summed E-state index contributed by atoms with van der Waals surface area (Å²) in [6.07, 6.45) is 4.10. The van der Waals surface area contributed by atoms with Crippen LogP contribution < -0.4 is 10.2 Å². The molecule has 3 heterocycles. The van der Waals surface area contributed by atoms with Crippen molar-refractivity contribution in [2.24, 2.45) is 11.8 Å². The highest BCUT2D eigenvalue weighted by molar-refractivity contribution is 6.07. The molecule has 0 radical (unpaired) electrons. The van der Waals surface area contributed by atoms with Gasteiger partial charge in [0.1, 0.15) is 0 Å². The number of carbonyl (C=O) groups excluding carboxylic acids is 2. The summed E-state index contributed by atoms with van der Waals surface area (Å²) in [5, 5.41) is 2.63. The lowest BCUT2D eigenvalue weighted by molar-refractivity contribution is -0.127. The minimum Gasteiger partial charge on any atom is -0.364 e. The smallest absolute Gasteiger partial charge is 0.232 e. The first kappa shape index (κ1) is 19.1. The summed E-state index contributed by atoms with van der Waals surface area (Å²) in [6.45, 7) is 4.82. The number of rotatable bonds is 2. The maximum atomic E-state index is 12.9. The number of para-hydroxylation sites is 1.